The SMILES string of the molecule is CC(=O)N1CCC(Nc2cc(C(=O)N3CC[C@H](O)[C@@H](N4CCc5ccccc5C4)CC3)ncn2)CC1. The Balaban J connectivity index is 1.19. The summed E-state index contributed by atoms with van der Waals surface area (Å²) in [6.45, 7) is 5.93. The van der Waals surface area contributed by atoms with E-state index in [0.29, 0.717) is 31.0 Å². The van der Waals surface area contributed by atoms with Gasteiger partial charge in [0, 0.05) is 64.3 Å². The number of aromatic nitrogens is 2. The predicted octanol–water partition coefficient (Wildman–Crippen LogP) is 1.92. The van der Waals surface area contributed by atoms with Crippen LogP contribution in [0.15, 0.2) is 36.7 Å². The summed E-state index contributed by atoms with van der Waals surface area (Å²) in [5.41, 5.74) is 3.10. The number of nitrogens with zero attached hydrogens (tertiary/aromatic N) is 5. The van der Waals surface area contributed by atoms with E-state index < -0.39 is 6.10 Å². The number of anilines is 1. The molecule has 3 aliphatic heterocycles. The maximum atomic E-state index is 13.3. The minimum atomic E-state index is -0.462. The van der Waals surface area contributed by atoms with Crippen LogP contribution in [0.25, 0.3) is 0 Å². The number of nitrogens with one attached hydrogen (secondary N) is 1. The van der Waals surface area contributed by atoms with Crippen molar-refractivity contribution in [1.82, 2.24) is 24.7 Å². The van der Waals surface area contributed by atoms with Crippen LogP contribution in [-0.4, -0.2) is 92.5 Å². The first-order valence-corrected chi connectivity index (χ1v) is 13.1. The fraction of sp³-hybridized carbons (Fsp3) is 0.556. The van der Waals surface area contributed by atoms with Crippen molar-refractivity contribution in [3.05, 3.63) is 53.5 Å². The molecule has 36 heavy (non-hydrogen) atoms. The second kappa shape index (κ2) is 10.9. The molecule has 2 atom stereocenters. The minimum Gasteiger partial charge on any atom is -0.391 e. The van der Waals surface area contributed by atoms with Crippen LogP contribution in [0, 0.1) is 0 Å². The average Bonchev–Trinajstić information content (AvgIpc) is 3.10. The highest BCUT2D eigenvalue weighted by atomic mass is 16.3. The molecule has 0 unspecified atom stereocenters. The molecule has 0 bridgehead atoms. The fourth-order valence-electron chi connectivity index (χ4n) is 5.77. The van der Waals surface area contributed by atoms with Gasteiger partial charge >= 0.3 is 0 Å². The maximum absolute atomic E-state index is 13.3. The van der Waals surface area contributed by atoms with Gasteiger partial charge in [0.25, 0.3) is 5.91 Å². The van der Waals surface area contributed by atoms with Crippen LogP contribution in [0.5, 0.6) is 0 Å². The van der Waals surface area contributed by atoms with Gasteiger partial charge in [-0.1, -0.05) is 24.3 Å². The van der Waals surface area contributed by atoms with E-state index in [9.17, 15) is 14.7 Å². The van der Waals surface area contributed by atoms with E-state index >= 15 is 0 Å². The molecule has 0 radical (unpaired) electrons. The highest BCUT2D eigenvalue weighted by Gasteiger charge is 2.33. The van der Waals surface area contributed by atoms with Crippen molar-refractivity contribution in [1.29, 1.82) is 0 Å². The number of benzene rings is 1. The first-order valence-electron chi connectivity index (χ1n) is 13.1. The normalized spacial score (nSPS) is 23.6. The molecule has 1 aromatic heterocycles. The van der Waals surface area contributed by atoms with E-state index in [1.807, 2.05) is 9.80 Å². The van der Waals surface area contributed by atoms with Crippen molar-refractivity contribution in [3.8, 4) is 0 Å². The molecule has 2 N–H and O–H groups in total. The largest absolute Gasteiger partial charge is 0.391 e. The fourth-order valence-corrected chi connectivity index (χ4v) is 5.77. The van der Waals surface area contributed by atoms with E-state index in [2.05, 4.69) is 44.5 Å². The molecule has 0 saturated carbocycles. The highest BCUT2D eigenvalue weighted by molar-refractivity contribution is 5.93. The second-order valence-corrected chi connectivity index (χ2v) is 10.2. The quantitative estimate of drug-likeness (QED) is 0.672. The second-order valence-electron chi connectivity index (χ2n) is 10.2. The molecule has 2 fully saturated rings. The third-order valence-corrected chi connectivity index (χ3v) is 7.93. The summed E-state index contributed by atoms with van der Waals surface area (Å²) >= 11 is 0. The number of rotatable bonds is 4. The molecule has 5 rings (SSSR count). The first kappa shape index (κ1) is 24.6. The number of aliphatic hydroxyl groups excluding tert-OH is 1. The van der Waals surface area contributed by atoms with Crippen LogP contribution in [-0.2, 0) is 17.8 Å². The molecule has 9 heteroatoms. The number of likely N-dealkylation sites (tertiary alicyclic amines) is 2. The van der Waals surface area contributed by atoms with E-state index in [1.54, 1.807) is 13.0 Å². The van der Waals surface area contributed by atoms with E-state index in [4.69, 9.17) is 0 Å². The Bertz CT molecular complexity index is 1090. The van der Waals surface area contributed by atoms with Crippen LogP contribution in [0.3, 0.4) is 0 Å². The van der Waals surface area contributed by atoms with Crippen LogP contribution in [0.1, 0.15) is 54.2 Å². The molecule has 2 saturated heterocycles. The first-order chi connectivity index (χ1) is 17.5. The van der Waals surface area contributed by atoms with Crippen LogP contribution in [0.4, 0.5) is 5.82 Å². The Kier molecular flexibility index (Phi) is 7.48. The van der Waals surface area contributed by atoms with Crippen LogP contribution >= 0.6 is 0 Å². The Morgan fingerprint density at radius 3 is 2.44 bits per heavy atom. The van der Waals surface area contributed by atoms with Gasteiger partial charge in [-0.15, -0.1) is 0 Å². The number of amides is 2. The minimum absolute atomic E-state index is 0.0413. The Labute approximate surface area is 212 Å². The monoisotopic (exact) mass is 492 g/mol. The van der Waals surface area contributed by atoms with Crippen molar-refractivity contribution < 1.29 is 14.7 Å². The highest BCUT2D eigenvalue weighted by Crippen LogP contribution is 2.26. The molecule has 3 aliphatic rings. The topological polar surface area (TPSA) is 102 Å². The third-order valence-electron chi connectivity index (χ3n) is 7.93. The van der Waals surface area contributed by atoms with Gasteiger partial charge in [0.2, 0.25) is 5.91 Å². The zero-order valence-corrected chi connectivity index (χ0v) is 21.0. The summed E-state index contributed by atoms with van der Waals surface area (Å²) in [4.78, 5) is 39.5. The maximum Gasteiger partial charge on any atom is 0.272 e. The number of carbonyl (C=O) groups excluding carboxylic acids is 2. The van der Waals surface area contributed by atoms with Gasteiger partial charge in [-0.2, -0.15) is 0 Å². The van der Waals surface area contributed by atoms with Crippen molar-refractivity contribution in [3.63, 3.8) is 0 Å². The predicted molar refractivity (Wildman–Crippen MR) is 136 cm³/mol. The van der Waals surface area contributed by atoms with Crippen molar-refractivity contribution in [2.75, 3.05) is 38.0 Å². The lowest BCUT2D eigenvalue weighted by atomic mass is 9.96. The number of hydrogen-bond acceptors (Lipinski definition) is 7. The number of aliphatic hydroxyl groups is 1. The summed E-state index contributed by atoms with van der Waals surface area (Å²) in [6, 6.07) is 10.5. The molecular weight excluding hydrogens is 456 g/mol. The van der Waals surface area contributed by atoms with Gasteiger partial charge in [-0.3, -0.25) is 14.5 Å². The molecule has 4 heterocycles. The van der Waals surface area contributed by atoms with Crippen molar-refractivity contribution >= 4 is 17.6 Å². The molecule has 0 aliphatic carbocycles. The van der Waals surface area contributed by atoms with Gasteiger partial charge in [0.1, 0.15) is 17.8 Å². The number of fused-ring (bicyclic) bond motifs is 1. The lowest BCUT2D eigenvalue weighted by molar-refractivity contribution is -0.129. The molecule has 192 valence electrons. The van der Waals surface area contributed by atoms with E-state index in [-0.39, 0.29) is 23.9 Å². The molecule has 2 aromatic rings. The third kappa shape index (κ3) is 5.52. The van der Waals surface area contributed by atoms with Crippen molar-refractivity contribution in [2.45, 2.75) is 63.8 Å². The summed E-state index contributed by atoms with van der Waals surface area (Å²) in [5.74, 6) is 0.622. The number of piperidine rings is 1. The zero-order valence-electron chi connectivity index (χ0n) is 21.0. The Morgan fingerprint density at radius 2 is 1.67 bits per heavy atom. The summed E-state index contributed by atoms with van der Waals surface area (Å²) in [5, 5.41) is 14.4. The molecular formula is C27H36N6O3. The van der Waals surface area contributed by atoms with Gasteiger partial charge < -0.3 is 20.2 Å². The zero-order chi connectivity index (χ0) is 25.1. The molecule has 2 amide bonds. The van der Waals surface area contributed by atoms with E-state index in [0.717, 1.165) is 51.9 Å². The van der Waals surface area contributed by atoms with Gasteiger partial charge in [0.15, 0.2) is 0 Å². The average molecular weight is 493 g/mol. The molecule has 0 spiro atoms. The Morgan fingerprint density at radius 1 is 0.944 bits per heavy atom. The van der Waals surface area contributed by atoms with Crippen molar-refractivity contribution in [2.24, 2.45) is 0 Å². The van der Waals surface area contributed by atoms with Crippen LogP contribution in [0.2, 0.25) is 0 Å². The lowest BCUT2D eigenvalue weighted by Crippen LogP contribution is -2.46. The number of carbonyl (C=O) groups is 2. The standard InChI is InChI=1S/C27H36N6O3/c1-19(34)31-12-7-22(8-13-31)30-26-16-23(28-18-29-26)27(36)32-14-9-24(25(35)10-15-32)33-11-6-20-4-2-3-5-21(20)17-33/h2-5,16,18,22,24-25,35H,6-15,17H2,1H3,(H,28,29,30)/t24-,25-/m0/s1. The van der Waals surface area contributed by atoms with Gasteiger partial charge in [-0.05, 0) is 43.2 Å². The Hall–Kier alpha value is -3.04. The van der Waals surface area contributed by atoms with Gasteiger partial charge in [-0.25, -0.2) is 9.97 Å². The molecule has 1 aromatic carbocycles. The lowest BCUT2D eigenvalue weighted by Gasteiger charge is -2.37. The smallest absolute Gasteiger partial charge is 0.272 e. The molecule has 9 nitrogen and oxygen atoms in total. The number of hydrogen-bond donors (Lipinski definition) is 2. The van der Waals surface area contributed by atoms with Gasteiger partial charge in [0.05, 0.1) is 6.10 Å². The summed E-state index contributed by atoms with van der Waals surface area (Å²) in [6.07, 6.45) is 4.95. The van der Waals surface area contributed by atoms with E-state index in [1.165, 1.54) is 17.5 Å². The van der Waals surface area contributed by atoms with Crippen LogP contribution < -0.4 is 5.32 Å². The summed E-state index contributed by atoms with van der Waals surface area (Å²) in [7, 11) is 0. The summed E-state index contributed by atoms with van der Waals surface area (Å²) < 4.78 is 0.